The number of ether oxygens (including phenoxy) is 5. The van der Waals surface area contributed by atoms with E-state index in [0.717, 1.165) is 13.8 Å². The summed E-state index contributed by atoms with van der Waals surface area (Å²) in [6.45, 7) is 4.34. The van der Waals surface area contributed by atoms with Crippen LogP contribution < -0.4 is 10.1 Å². The number of aldehydes is 1. The average molecular weight is 451 g/mol. The van der Waals surface area contributed by atoms with Crippen molar-refractivity contribution in [2.24, 2.45) is 0 Å². The molecule has 1 aromatic carbocycles. The molecular formula is C21H25NO10. The molecule has 32 heavy (non-hydrogen) atoms. The summed E-state index contributed by atoms with van der Waals surface area (Å²) in [6, 6.07) is 5.15. The first kappa shape index (κ1) is 24.8. The Bertz CT molecular complexity index is 870. The first-order valence-electron chi connectivity index (χ1n) is 9.73. The van der Waals surface area contributed by atoms with E-state index in [4.69, 9.17) is 23.7 Å². The summed E-state index contributed by atoms with van der Waals surface area (Å²) < 4.78 is 27.4. The lowest BCUT2D eigenvalue weighted by molar-refractivity contribution is -0.257. The first-order chi connectivity index (χ1) is 15.1. The number of esters is 3. The second-order valence-electron chi connectivity index (χ2n) is 6.99. The molecule has 0 bridgehead atoms. The molecule has 1 saturated heterocycles. The lowest BCUT2D eigenvalue weighted by atomic mass is 9.96. The van der Waals surface area contributed by atoms with E-state index in [2.05, 4.69) is 5.32 Å². The molecule has 1 fully saturated rings. The number of carbonyl (C=O) groups is 5. The smallest absolute Gasteiger partial charge is 0.303 e. The van der Waals surface area contributed by atoms with Crippen LogP contribution >= 0.6 is 0 Å². The third-order valence-corrected chi connectivity index (χ3v) is 4.36. The lowest BCUT2D eigenvalue weighted by Crippen LogP contribution is -2.67. The number of hydrogen-bond donors (Lipinski definition) is 1. The Morgan fingerprint density at radius 1 is 0.969 bits per heavy atom. The molecule has 0 spiro atoms. The van der Waals surface area contributed by atoms with Gasteiger partial charge in [-0.15, -0.1) is 0 Å². The highest BCUT2D eigenvalue weighted by atomic mass is 16.7. The van der Waals surface area contributed by atoms with Crippen molar-refractivity contribution in [3.8, 4) is 5.75 Å². The molecular weight excluding hydrogens is 426 g/mol. The number of para-hydroxylation sites is 1. The van der Waals surface area contributed by atoms with Crippen LogP contribution in [0.25, 0.3) is 0 Å². The normalized spacial score (nSPS) is 24.6. The molecule has 0 aliphatic carbocycles. The SMILES string of the molecule is CC(=O)N[C@@H]1[C@H](Oc2ccccc2C=O)O[C@H](COC(C)=O)[C@@H](OC(C)=O)[C@H]1OC(C)=O. The molecule has 1 aromatic rings. The van der Waals surface area contributed by atoms with E-state index in [9.17, 15) is 24.0 Å². The van der Waals surface area contributed by atoms with Gasteiger partial charge >= 0.3 is 17.9 Å². The predicted molar refractivity (Wildman–Crippen MR) is 106 cm³/mol. The zero-order chi connectivity index (χ0) is 23.8. The first-order valence-corrected chi connectivity index (χ1v) is 9.73. The highest BCUT2D eigenvalue weighted by Gasteiger charge is 2.52. The maximum absolute atomic E-state index is 11.9. The van der Waals surface area contributed by atoms with Crippen molar-refractivity contribution in [3.63, 3.8) is 0 Å². The van der Waals surface area contributed by atoms with E-state index < -0.39 is 54.5 Å². The van der Waals surface area contributed by atoms with Gasteiger partial charge in [0.1, 0.15) is 24.5 Å². The largest absolute Gasteiger partial charge is 0.463 e. The highest BCUT2D eigenvalue weighted by Crippen LogP contribution is 2.30. The molecule has 1 amide bonds. The molecule has 11 nitrogen and oxygen atoms in total. The Morgan fingerprint density at radius 2 is 1.59 bits per heavy atom. The fraction of sp³-hybridized carbons (Fsp3) is 0.476. The van der Waals surface area contributed by atoms with Crippen molar-refractivity contribution in [1.82, 2.24) is 5.32 Å². The van der Waals surface area contributed by atoms with Gasteiger partial charge in [-0.1, -0.05) is 12.1 Å². The Morgan fingerprint density at radius 3 is 2.16 bits per heavy atom. The van der Waals surface area contributed by atoms with E-state index in [0.29, 0.717) is 6.29 Å². The number of rotatable bonds is 8. The van der Waals surface area contributed by atoms with Gasteiger partial charge in [0.2, 0.25) is 12.2 Å². The summed E-state index contributed by atoms with van der Waals surface area (Å²) in [5.74, 6) is -2.42. The summed E-state index contributed by atoms with van der Waals surface area (Å²) in [6.07, 6.45) is -4.30. The molecule has 174 valence electrons. The maximum Gasteiger partial charge on any atom is 0.303 e. The lowest BCUT2D eigenvalue weighted by Gasteiger charge is -2.44. The summed E-state index contributed by atoms with van der Waals surface area (Å²) in [4.78, 5) is 58.2. The van der Waals surface area contributed by atoms with Gasteiger partial charge in [-0.05, 0) is 12.1 Å². The van der Waals surface area contributed by atoms with Crippen LogP contribution in [0.1, 0.15) is 38.1 Å². The summed E-state index contributed by atoms with van der Waals surface area (Å²) >= 11 is 0. The van der Waals surface area contributed by atoms with E-state index in [1.807, 2.05) is 0 Å². The van der Waals surface area contributed by atoms with Gasteiger partial charge in [-0.3, -0.25) is 24.0 Å². The quantitative estimate of drug-likeness (QED) is 0.338. The van der Waals surface area contributed by atoms with Crippen molar-refractivity contribution in [3.05, 3.63) is 29.8 Å². The maximum atomic E-state index is 11.9. The zero-order valence-corrected chi connectivity index (χ0v) is 18.1. The van der Waals surface area contributed by atoms with Gasteiger partial charge in [0, 0.05) is 27.7 Å². The van der Waals surface area contributed by atoms with Crippen LogP contribution in [0.2, 0.25) is 0 Å². The number of hydrogen-bond acceptors (Lipinski definition) is 10. The molecule has 2 rings (SSSR count). The van der Waals surface area contributed by atoms with Crippen LogP contribution in [-0.2, 0) is 38.1 Å². The molecule has 0 unspecified atom stereocenters. The van der Waals surface area contributed by atoms with Crippen LogP contribution in [0.3, 0.4) is 0 Å². The monoisotopic (exact) mass is 451 g/mol. The number of carbonyl (C=O) groups excluding carboxylic acids is 5. The van der Waals surface area contributed by atoms with Gasteiger partial charge in [-0.2, -0.15) is 0 Å². The van der Waals surface area contributed by atoms with Crippen LogP contribution in [-0.4, -0.2) is 67.4 Å². The zero-order valence-electron chi connectivity index (χ0n) is 18.1. The van der Waals surface area contributed by atoms with Crippen molar-refractivity contribution in [2.45, 2.75) is 58.3 Å². The Hall–Kier alpha value is -3.47. The van der Waals surface area contributed by atoms with E-state index >= 15 is 0 Å². The minimum atomic E-state index is -1.29. The Kier molecular flexibility index (Phi) is 8.71. The standard InChI is InChI=1S/C21H25NO10/c1-11(24)22-18-20(30-14(4)27)19(29-13(3)26)17(10-28-12(2)25)32-21(18)31-16-8-6-5-7-15(16)9-23/h5-9,17-21H,10H2,1-4H3,(H,22,24)/t17-,18+,19-,20+,21-/m1/s1. The number of benzene rings is 1. The highest BCUT2D eigenvalue weighted by molar-refractivity contribution is 5.79. The van der Waals surface area contributed by atoms with Gasteiger partial charge in [0.05, 0.1) is 5.56 Å². The van der Waals surface area contributed by atoms with Crippen LogP contribution in [0.4, 0.5) is 0 Å². The van der Waals surface area contributed by atoms with Crippen molar-refractivity contribution in [2.75, 3.05) is 6.61 Å². The second-order valence-corrected chi connectivity index (χ2v) is 6.99. The molecule has 11 heteroatoms. The minimum Gasteiger partial charge on any atom is -0.463 e. The van der Waals surface area contributed by atoms with E-state index in [1.165, 1.54) is 26.0 Å². The number of amides is 1. The van der Waals surface area contributed by atoms with Crippen molar-refractivity contribution in [1.29, 1.82) is 0 Å². The van der Waals surface area contributed by atoms with Crippen molar-refractivity contribution >= 4 is 30.1 Å². The molecule has 1 aliphatic heterocycles. The molecule has 5 atom stereocenters. The van der Waals surface area contributed by atoms with Gasteiger partial charge in [-0.25, -0.2) is 0 Å². The van der Waals surface area contributed by atoms with Gasteiger partial charge in [0.25, 0.3) is 0 Å². The number of nitrogens with one attached hydrogen (secondary N) is 1. The van der Waals surface area contributed by atoms with Crippen molar-refractivity contribution < 1.29 is 47.7 Å². The molecule has 1 heterocycles. The molecule has 0 aromatic heterocycles. The Balaban J connectivity index is 2.49. The second kappa shape index (κ2) is 11.2. The average Bonchev–Trinajstić information content (AvgIpc) is 2.70. The fourth-order valence-corrected chi connectivity index (χ4v) is 3.20. The predicted octanol–water partition coefficient (Wildman–Crippen LogP) is 0.534. The molecule has 1 aliphatic rings. The van der Waals surface area contributed by atoms with Gasteiger partial charge < -0.3 is 29.0 Å². The van der Waals surface area contributed by atoms with E-state index in [-0.39, 0.29) is 17.9 Å². The van der Waals surface area contributed by atoms with Crippen LogP contribution in [0.5, 0.6) is 5.75 Å². The topological polar surface area (TPSA) is 144 Å². The van der Waals surface area contributed by atoms with E-state index in [1.54, 1.807) is 12.1 Å². The third-order valence-electron chi connectivity index (χ3n) is 4.36. The minimum absolute atomic E-state index is 0.140. The summed E-state index contributed by atoms with van der Waals surface area (Å²) in [5, 5.41) is 2.58. The molecule has 1 N–H and O–H groups in total. The van der Waals surface area contributed by atoms with Crippen LogP contribution in [0, 0.1) is 0 Å². The molecule has 0 saturated carbocycles. The fourth-order valence-electron chi connectivity index (χ4n) is 3.20. The summed E-state index contributed by atoms with van der Waals surface area (Å²) in [5.41, 5.74) is 0.209. The third kappa shape index (κ3) is 6.77. The van der Waals surface area contributed by atoms with Gasteiger partial charge in [0.15, 0.2) is 18.5 Å². The summed E-state index contributed by atoms with van der Waals surface area (Å²) in [7, 11) is 0. The molecule has 0 radical (unpaired) electrons. The Labute approximate surface area is 184 Å². The van der Waals surface area contributed by atoms with Crippen LogP contribution in [0.15, 0.2) is 24.3 Å².